The molecule has 0 amide bonds. The van der Waals surface area contributed by atoms with Crippen molar-refractivity contribution in [1.82, 2.24) is 0 Å². The lowest BCUT2D eigenvalue weighted by Gasteiger charge is -2.50. The molecule has 0 aromatic carbocycles. The number of methoxy groups -OCH3 is 3. The van der Waals surface area contributed by atoms with Crippen molar-refractivity contribution in [1.29, 1.82) is 0 Å². The second-order valence-electron chi connectivity index (χ2n) is 6.80. The van der Waals surface area contributed by atoms with Crippen LogP contribution in [0.3, 0.4) is 0 Å². The third-order valence-electron chi connectivity index (χ3n) is 5.56. The molecule has 5 heteroatoms. The standard InChI is InChI=1S/C18H34O5/c1-8-13(3)12-14-10-11-18(22-7,23-15(14)9-2)17(4,21-6)16(19)20-5/h13-15H,8-12H2,1-7H3/t13-,14-,15-,17-,18-/m1/s1. The lowest BCUT2D eigenvalue weighted by atomic mass is 9.78. The van der Waals surface area contributed by atoms with Crippen molar-refractivity contribution in [3.63, 3.8) is 0 Å². The first kappa shape index (κ1) is 20.4. The van der Waals surface area contributed by atoms with Crippen LogP contribution >= 0.6 is 0 Å². The largest absolute Gasteiger partial charge is 0.467 e. The summed E-state index contributed by atoms with van der Waals surface area (Å²) in [7, 11) is 4.42. The highest BCUT2D eigenvalue weighted by molar-refractivity contribution is 5.80. The number of carbonyl (C=O) groups excluding carboxylic acids is 1. The van der Waals surface area contributed by atoms with Crippen LogP contribution in [0.4, 0.5) is 0 Å². The number of carbonyl (C=O) groups is 1. The first-order chi connectivity index (χ1) is 10.8. The summed E-state index contributed by atoms with van der Waals surface area (Å²) in [4.78, 5) is 12.3. The fourth-order valence-corrected chi connectivity index (χ4v) is 3.62. The van der Waals surface area contributed by atoms with Gasteiger partial charge in [-0.3, -0.25) is 0 Å². The predicted octanol–water partition coefficient (Wildman–Crippen LogP) is 3.55. The molecule has 136 valence electrons. The normalized spacial score (nSPS) is 32.1. The van der Waals surface area contributed by atoms with Gasteiger partial charge >= 0.3 is 5.97 Å². The van der Waals surface area contributed by atoms with Gasteiger partial charge in [0.2, 0.25) is 11.4 Å². The van der Waals surface area contributed by atoms with Gasteiger partial charge in [0.05, 0.1) is 13.2 Å². The van der Waals surface area contributed by atoms with Gasteiger partial charge in [-0.25, -0.2) is 4.79 Å². The molecule has 0 aromatic rings. The molecule has 0 bridgehead atoms. The van der Waals surface area contributed by atoms with E-state index in [4.69, 9.17) is 18.9 Å². The first-order valence-electron chi connectivity index (χ1n) is 8.70. The number of hydrogen-bond donors (Lipinski definition) is 0. The Morgan fingerprint density at radius 1 is 1.35 bits per heavy atom. The molecular formula is C18H34O5. The zero-order chi connectivity index (χ0) is 17.7. The zero-order valence-electron chi connectivity index (χ0n) is 15.8. The average molecular weight is 330 g/mol. The molecule has 5 atom stereocenters. The molecule has 0 radical (unpaired) electrons. The van der Waals surface area contributed by atoms with E-state index >= 15 is 0 Å². The predicted molar refractivity (Wildman–Crippen MR) is 89.1 cm³/mol. The maximum absolute atomic E-state index is 12.3. The minimum Gasteiger partial charge on any atom is -0.467 e. The van der Waals surface area contributed by atoms with Crippen molar-refractivity contribution < 1.29 is 23.7 Å². The summed E-state index contributed by atoms with van der Waals surface area (Å²) in [5, 5.41) is 0. The lowest BCUT2D eigenvalue weighted by Crippen LogP contribution is -2.64. The van der Waals surface area contributed by atoms with E-state index in [1.807, 2.05) is 0 Å². The molecule has 0 unspecified atom stereocenters. The van der Waals surface area contributed by atoms with E-state index in [0.717, 1.165) is 19.3 Å². The lowest BCUT2D eigenvalue weighted by molar-refractivity contribution is -0.347. The van der Waals surface area contributed by atoms with Gasteiger partial charge in [-0.2, -0.15) is 0 Å². The molecule has 1 rings (SSSR count). The van der Waals surface area contributed by atoms with Gasteiger partial charge in [-0.05, 0) is 38.0 Å². The van der Waals surface area contributed by atoms with Crippen LogP contribution in [0, 0.1) is 11.8 Å². The van der Waals surface area contributed by atoms with E-state index in [1.165, 1.54) is 20.6 Å². The van der Waals surface area contributed by atoms with E-state index in [0.29, 0.717) is 18.3 Å². The van der Waals surface area contributed by atoms with Crippen LogP contribution < -0.4 is 0 Å². The van der Waals surface area contributed by atoms with E-state index < -0.39 is 17.4 Å². The summed E-state index contributed by atoms with van der Waals surface area (Å²) in [6.07, 6.45) is 4.80. The molecule has 1 saturated heterocycles. The maximum Gasteiger partial charge on any atom is 0.343 e. The number of esters is 1. The van der Waals surface area contributed by atoms with Crippen LogP contribution in [0.25, 0.3) is 0 Å². The highest BCUT2D eigenvalue weighted by Crippen LogP contribution is 2.45. The molecule has 0 N–H and O–H groups in total. The highest BCUT2D eigenvalue weighted by atomic mass is 16.7. The topological polar surface area (TPSA) is 54.0 Å². The Labute approximate surface area is 141 Å². The fourth-order valence-electron chi connectivity index (χ4n) is 3.62. The summed E-state index contributed by atoms with van der Waals surface area (Å²) in [5.74, 6) is -0.433. The molecule has 0 spiro atoms. The minimum absolute atomic E-state index is 0.0526. The Kier molecular flexibility index (Phi) is 7.49. The maximum atomic E-state index is 12.3. The van der Waals surface area contributed by atoms with E-state index in [9.17, 15) is 4.79 Å². The third kappa shape index (κ3) is 3.89. The molecule has 0 aliphatic carbocycles. The average Bonchev–Trinajstić information content (AvgIpc) is 2.60. The van der Waals surface area contributed by atoms with Gasteiger partial charge in [0.25, 0.3) is 0 Å². The summed E-state index contributed by atoms with van der Waals surface area (Å²) < 4.78 is 22.6. The molecular weight excluding hydrogens is 296 g/mol. The molecule has 0 saturated carbocycles. The summed E-state index contributed by atoms with van der Waals surface area (Å²) in [6, 6.07) is 0. The summed E-state index contributed by atoms with van der Waals surface area (Å²) in [5.41, 5.74) is -1.29. The Morgan fingerprint density at radius 2 is 2.00 bits per heavy atom. The van der Waals surface area contributed by atoms with Crippen molar-refractivity contribution in [3.8, 4) is 0 Å². The van der Waals surface area contributed by atoms with Crippen molar-refractivity contribution in [3.05, 3.63) is 0 Å². The molecule has 1 heterocycles. The van der Waals surface area contributed by atoms with Crippen molar-refractivity contribution >= 4 is 5.97 Å². The minimum atomic E-state index is -1.29. The highest BCUT2D eigenvalue weighted by Gasteiger charge is 2.60. The molecule has 1 aliphatic heterocycles. The fraction of sp³-hybridized carbons (Fsp3) is 0.944. The first-order valence-corrected chi connectivity index (χ1v) is 8.70. The summed E-state index contributed by atoms with van der Waals surface area (Å²) in [6.45, 7) is 8.29. The number of rotatable bonds is 8. The Morgan fingerprint density at radius 3 is 2.43 bits per heavy atom. The van der Waals surface area contributed by atoms with Gasteiger partial charge in [0.15, 0.2) is 0 Å². The van der Waals surface area contributed by atoms with Crippen LogP contribution in [0.1, 0.15) is 59.8 Å². The van der Waals surface area contributed by atoms with Gasteiger partial charge in [0.1, 0.15) is 0 Å². The SMILES string of the molecule is CC[C@@H](C)C[C@H]1CC[C@](OC)([C@](C)(OC)C(=O)OC)O[C@@H]1CC. The van der Waals surface area contributed by atoms with E-state index in [2.05, 4.69) is 20.8 Å². The monoisotopic (exact) mass is 330 g/mol. The van der Waals surface area contributed by atoms with Gasteiger partial charge in [-0.15, -0.1) is 0 Å². The Balaban J connectivity index is 3.04. The van der Waals surface area contributed by atoms with Crippen LogP contribution in [0.5, 0.6) is 0 Å². The third-order valence-corrected chi connectivity index (χ3v) is 5.56. The number of hydrogen-bond acceptors (Lipinski definition) is 5. The van der Waals surface area contributed by atoms with Gasteiger partial charge in [-0.1, -0.05) is 27.2 Å². The molecule has 1 aliphatic rings. The van der Waals surface area contributed by atoms with Crippen molar-refractivity contribution in [2.75, 3.05) is 21.3 Å². The van der Waals surface area contributed by atoms with E-state index in [-0.39, 0.29) is 6.10 Å². The smallest absolute Gasteiger partial charge is 0.343 e. The van der Waals surface area contributed by atoms with Crippen molar-refractivity contribution in [2.45, 2.75) is 77.3 Å². The van der Waals surface area contributed by atoms with Crippen LogP contribution in [0.15, 0.2) is 0 Å². The molecule has 5 nitrogen and oxygen atoms in total. The Bertz CT molecular complexity index is 386. The van der Waals surface area contributed by atoms with Gasteiger partial charge in [0, 0.05) is 20.6 Å². The van der Waals surface area contributed by atoms with Crippen LogP contribution in [-0.2, 0) is 23.7 Å². The second-order valence-corrected chi connectivity index (χ2v) is 6.80. The quantitative estimate of drug-likeness (QED) is 0.637. The van der Waals surface area contributed by atoms with Crippen LogP contribution in [0.2, 0.25) is 0 Å². The molecule has 23 heavy (non-hydrogen) atoms. The number of ether oxygens (including phenoxy) is 4. The zero-order valence-corrected chi connectivity index (χ0v) is 15.8. The second kappa shape index (κ2) is 8.45. The molecule has 1 fully saturated rings. The van der Waals surface area contributed by atoms with Gasteiger partial charge < -0.3 is 18.9 Å². The summed E-state index contributed by atoms with van der Waals surface area (Å²) >= 11 is 0. The van der Waals surface area contributed by atoms with Crippen molar-refractivity contribution in [2.24, 2.45) is 11.8 Å². The molecule has 0 aromatic heterocycles. The van der Waals surface area contributed by atoms with E-state index in [1.54, 1.807) is 14.0 Å². The van der Waals surface area contributed by atoms with Crippen LogP contribution in [-0.4, -0.2) is 44.8 Å². The Hall–Kier alpha value is -0.650.